The summed E-state index contributed by atoms with van der Waals surface area (Å²) in [6.45, 7) is 5.02. The summed E-state index contributed by atoms with van der Waals surface area (Å²) in [6.07, 6.45) is -0.295. The Morgan fingerprint density at radius 1 is 0.957 bits per heavy atom. The smallest absolute Gasteiger partial charge is 0.317 e. The molecule has 3 saturated heterocycles. The number of ether oxygens (including phenoxy) is 2. The topological polar surface area (TPSA) is 153 Å². The predicted molar refractivity (Wildman–Crippen MR) is 174 cm³/mol. The molecule has 0 aromatic heterocycles. The third-order valence-electron chi connectivity index (χ3n) is 10.6. The van der Waals surface area contributed by atoms with Gasteiger partial charge in [-0.3, -0.25) is 14.1 Å². The number of aryl methyl sites for hydroxylation is 1. The number of hydrogen-bond donors (Lipinski definition) is 2. The van der Waals surface area contributed by atoms with Crippen molar-refractivity contribution in [2.24, 2.45) is 11.8 Å². The Kier molecular flexibility index (Phi) is 7.03. The zero-order valence-electron chi connectivity index (χ0n) is 25.7. The molecule has 3 aliphatic carbocycles. The molecule has 3 heterocycles. The van der Waals surface area contributed by atoms with E-state index in [9.17, 15) is 31.0 Å². The highest BCUT2D eigenvalue weighted by Crippen LogP contribution is 2.59. The molecular weight excluding hydrogens is 663 g/mol. The van der Waals surface area contributed by atoms with E-state index in [-0.39, 0.29) is 39.5 Å². The van der Waals surface area contributed by atoms with Gasteiger partial charge < -0.3 is 9.47 Å². The van der Waals surface area contributed by atoms with Gasteiger partial charge in [0.15, 0.2) is 0 Å². The van der Waals surface area contributed by atoms with Gasteiger partial charge in [-0.25, -0.2) is 13.1 Å². The van der Waals surface area contributed by atoms with Crippen molar-refractivity contribution in [2.45, 2.75) is 77.7 Å². The Morgan fingerprint density at radius 2 is 1.57 bits per heavy atom. The van der Waals surface area contributed by atoms with E-state index in [4.69, 9.17) is 9.47 Å². The lowest BCUT2D eigenvalue weighted by atomic mass is 9.59. The number of fused-ring (bicyclic) bond motifs is 2. The van der Waals surface area contributed by atoms with Gasteiger partial charge in [0.2, 0.25) is 10.0 Å². The van der Waals surface area contributed by atoms with Crippen LogP contribution in [-0.4, -0.2) is 61.2 Å². The van der Waals surface area contributed by atoms with Crippen LogP contribution in [0.25, 0.3) is 0 Å². The molecule has 7 atom stereocenters. The number of rotatable bonds is 6. The van der Waals surface area contributed by atoms with Crippen molar-refractivity contribution < 1.29 is 40.5 Å². The first-order valence-corrected chi connectivity index (χ1v) is 19.6. The van der Waals surface area contributed by atoms with Crippen LogP contribution in [0.5, 0.6) is 5.75 Å². The van der Waals surface area contributed by atoms with Gasteiger partial charge in [0.25, 0.3) is 10.1 Å². The number of esters is 2. The van der Waals surface area contributed by atoms with Crippen LogP contribution >= 0.6 is 11.8 Å². The maximum absolute atomic E-state index is 14.1. The van der Waals surface area contributed by atoms with Crippen molar-refractivity contribution in [3.63, 3.8) is 0 Å². The second kappa shape index (κ2) is 10.6. The van der Waals surface area contributed by atoms with E-state index in [0.717, 1.165) is 11.1 Å². The van der Waals surface area contributed by atoms with E-state index in [1.165, 1.54) is 35.0 Å². The van der Waals surface area contributed by atoms with Crippen molar-refractivity contribution >= 4 is 43.8 Å². The number of thioether (sulfide) groups is 1. The average molecular weight is 696 g/mol. The van der Waals surface area contributed by atoms with Gasteiger partial charge in [0.05, 0.1) is 28.0 Å². The molecule has 3 fully saturated rings. The molecule has 0 saturated carbocycles. The zero-order chi connectivity index (χ0) is 33.2. The molecule has 3 aromatic carbocycles. The van der Waals surface area contributed by atoms with E-state index in [1.54, 1.807) is 20.8 Å². The first kappa shape index (κ1) is 31.1. The number of benzene rings is 3. The van der Waals surface area contributed by atoms with Gasteiger partial charge in [0, 0.05) is 17.1 Å². The van der Waals surface area contributed by atoms with Crippen LogP contribution in [-0.2, 0) is 34.5 Å². The molecule has 3 aliphatic heterocycles. The summed E-state index contributed by atoms with van der Waals surface area (Å²) in [5.41, 5.74) is 5.18. The molecule has 4 bridgehead atoms. The molecule has 9 rings (SSSR count). The molecule has 13 heteroatoms. The molecule has 6 aliphatic rings. The molecule has 3 aromatic rings. The average Bonchev–Trinajstić information content (AvgIpc) is 3.64. The molecule has 7 unspecified atom stereocenters. The van der Waals surface area contributed by atoms with E-state index < -0.39 is 71.8 Å². The molecule has 2 N–H and O–H groups in total. The second-order valence-corrected chi connectivity index (χ2v) is 18.1. The Bertz CT molecular complexity index is 2030. The van der Waals surface area contributed by atoms with Gasteiger partial charge in [0.1, 0.15) is 17.1 Å². The van der Waals surface area contributed by atoms with Crippen molar-refractivity contribution in [3.05, 3.63) is 94.0 Å². The minimum atomic E-state index is -4.54. The van der Waals surface area contributed by atoms with Crippen LogP contribution in [0.4, 0.5) is 0 Å². The molecule has 47 heavy (non-hydrogen) atoms. The summed E-state index contributed by atoms with van der Waals surface area (Å²) in [5, 5.41) is -2.21. The molecular formula is C34H33NO9S3. The summed E-state index contributed by atoms with van der Waals surface area (Å²) in [6, 6.07) is 18.3. The number of hydrogen-bond acceptors (Lipinski definition) is 9. The minimum absolute atomic E-state index is 0.0441. The molecule has 10 nitrogen and oxygen atoms in total. The Labute approximate surface area is 277 Å². The van der Waals surface area contributed by atoms with Gasteiger partial charge in [-0.2, -0.15) is 8.42 Å². The van der Waals surface area contributed by atoms with Crippen molar-refractivity contribution in [1.82, 2.24) is 4.72 Å². The number of carbonyl (C=O) groups is 2. The second-order valence-electron chi connectivity index (χ2n) is 13.5. The highest BCUT2D eigenvalue weighted by atomic mass is 32.2. The van der Waals surface area contributed by atoms with Crippen LogP contribution in [0.15, 0.2) is 65.6 Å². The van der Waals surface area contributed by atoms with Crippen molar-refractivity contribution in [1.29, 1.82) is 0 Å². The fourth-order valence-electron chi connectivity index (χ4n) is 8.60. The van der Waals surface area contributed by atoms with Crippen molar-refractivity contribution in [3.8, 4) is 5.75 Å². The van der Waals surface area contributed by atoms with Gasteiger partial charge >= 0.3 is 11.9 Å². The lowest BCUT2D eigenvalue weighted by Crippen LogP contribution is -2.52. The minimum Gasteiger partial charge on any atom is -0.459 e. The largest absolute Gasteiger partial charge is 0.459 e. The zero-order valence-corrected chi connectivity index (χ0v) is 28.1. The monoisotopic (exact) mass is 695 g/mol. The van der Waals surface area contributed by atoms with Gasteiger partial charge in [-0.05, 0) is 64.8 Å². The highest BCUT2D eigenvalue weighted by molar-refractivity contribution is 8.03. The maximum Gasteiger partial charge on any atom is 0.317 e. The summed E-state index contributed by atoms with van der Waals surface area (Å²) in [7, 11) is -8.47. The molecule has 0 spiro atoms. The SMILES string of the molecule is Cc1cc(S(=O)(=O)O)c(C(C)C)cc1OC(=O)C1C2SC3C(NS(=O)(=O)C31)C2OC(=O)C1CC2c3ccccc3C1c1ccccc12. The summed E-state index contributed by atoms with van der Waals surface area (Å²) < 4.78 is 75.3. The highest BCUT2D eigenvalue weighted by Gasteiger charge is 2.72. The lowest BCUT2D eigenvalue weighted by molar-refractivity contribution is -0.159. The van der Waals surface area contributed by atoms with Crippen LogP contribution in [0.1, 0.15) is 71.4 Å². The van der Waals surface area contributed by atoms with E-state index in [2.05, 4.69) is 29.0 Å². The van der Waals surface area contributed by atoms with E-state index in [0.29, 0.717) is 6.42 Å². The predicted octanol–water partition coefficient (Wildman–Crippen LogP) is 4.26. The fraction of sp³-hybridized carbons (Fsp3) is 0.412. The Balaban J connectivity index is 1.09. The third kappa shape index (κ3) is 4.64. The number of sulfonamides is 1. The van der Waals surface area contributed by atoms with Gasteiger partial charge in [-0.1, -0.05) is 62.4 Å². The number of carbonyl (C=O) groups excluding carboxylic acids is 2. The number of nitrogens with one attached hydrogen (secondary N) is 1. The summed E-state index contributed by atoms with van der Waals surface area (Å²) in [4.78, 5) is 27.7. The Morgan fingerprint density at radius 3 is 2.17 bits per heavy atom. The third-order valence-corrected chi connectivity index (χ3v) is 15.3. The van der Waals surface area contributed by atoms with Crippen LogP contribution in [0.2, 0.25) is 0 Å². The quantitative estimate of drug-likeness (QED) is 0.217. The first-order valence-electron chi connectivity index (χ1n) is 15.6. The molecule has 0 amide bonds. The first-order chi connectivity index (χ1) is 22.3. The maximum atomic E-state index is 14.1. The fourth-order valence-corrected chi connectivity index (χ4v) is 14.3. The van der Waals surface area contributed by atoms with E-state index >= 15 is 0 Å². The summed E-state index contributed by atoms with van der Waals surface area (Å²) >= 11 is 1.33. The van der Waals surface area contributed by atoms with E-state index in [1.807, 2.05) is 24.3 Å². The van der Waals surface area contributed by atoms with Crippen molar-refractivity contribution in [2.75, 3.05) is 0 Å². The van der Waals surface area contributed by atoms with Crippen LogP contribution in [0, 0.1) is 18.8 Å². The summed E-state index contributed by atoms with van der Waals surface area (Å²) in [5.74, 6) is -3.19. The Hall–Kier alpha value is -3.23. The molecule has 246 valence electrons. The van der Waals surface area contributed by atoms with Crippen LogP contribution in [0.3, 0.4) is 0 Å². The lowest BCUT2D eigenvalue weighted by Gasteiger charge is -2.45. The molecule has 0 radical (unpaired) electrons. The van der Waals surface area contributed by atoms with Gasteiger partial charge in [-0.15, -0.1) is 11.8 Å². The van der Waals surface area contributed by atoms with Crippen LogP contribution < -0.4 is 9.46 Å². The normalized spacial score (nSPS) is 32.2. The standard InChI is InChI=1S/C34H33NO9S3/c1-15(2)21-14-24(16(3)12-25(21)47(40,41)42)43-34(37)27-30-29(28-31(45-30)32(27)46(38,39)35-28)44-33(36)23-13-22-17-8-4-6-10-19(17)26(23)20-11-7-5-9-18(20)22/h4-12,14-15,22-23,26-32,35H,13H2,1-3H3,(H,40,41,42).